The minimum atomic E-state index is -4.19. The van der Waals surface area contributed by atoms with Crippen molar-refractivity contribution in [1.29, 1.82) is 0 Å². The summed E-state index contributed by atoms with van der Waals surface area (Å²) in [6.07, 6.45) is 5.28. The van der Waals surface area contributed by atoms with E-state index in [9.17, 15) is 18.0 Å². The minimum Gasteiger partial charge on any atom is -0.352 e. The van der Waals surface area contributed by atoms with E-state index in [0.717, 1.165) is 52.0 Å². The van der Waals surface area contributed by atoms with E-state index >= 15 is 0 Å². The van der Waals surface area contributed by atoms with E-state index in [-0.39, 0.29) is 29.8 Å². The van der Waals surface area contributed by atoms with Gasteiger partial charge in [0, 0.05) is 28.5 Å². The first kappa shape index (κ1) is 34.7. The maximum Gasteiger partial charge on any atom is 0.264 e. The van der Waals surface area contributed by atoms with Gasteiger partial charge in [-0.1, -0.05) is 107 Å². The highest BCUT2D eigenvalue weighted by molar-refractivity contribution is 9.10. The van der Waals surface area contributed by atoms with Crippen LogP contribution in [-0.4, -0.2) is 43.8 Å². The van der Waals surface area contributed by atoms with Crippen LogP contribution in [0.15, 0.2) is 112 Å². The predicted molar refractivity (Wildman–Crippen MR) is 191 cm³/mol. The summed E-state index contributed by atoms with van der Waals surface area (Å²) in [5, 5.41) is 3.69. The van der Waals surface area contributed by atoms with Crippen molar-refractivity contribution in [2.24, 2.45) is 0 Å². The van der Waals surface area contributed by atoms with Crippen LogP contribution >= 0.6 is 27.5 Å². The van der Waals surface area contributed by atoms with E-state index in [4.69, 9.17) is 11.6 Å². The van der Waals surface area contributed by atoms with Crippen LogP contribution in [0.4, 0.5) is 5.69 Å². The highest BCUT2D eigenvalue weighted by Crippen LogP contribution is 2.30. The molecule has 47 heavy (non-hydrogen) atoms. The Balaban J connectivity index is 1.58. The Hall–Kier alpha value is -3.66. The minimum absolute atomic E-state index is 0.0315. The number of carbonyl (C=O) groups excluding carboxylic acids is 2. The molecule has 0 aromatic heterocycles. The van der Waals surface area contributed by atoms with Crippen LogP contribution in [0.3, 0.4) is 0 Å². The van der Waals surface area contributed by atoms with E-state index in [1.807, 2.05) is 54.6 Å². The molecule has 10 heteroatoms. The SMILES string of the molecule is Cc1cc(Cl)ccc1N(CC(=O)N(Cc1cccc(Br)c1)[C@H](Cc1ccccc1)C(=O)NC1CCCCC1)S(=O)(=O)c1ccccc1. The van der Waals surface area contributed by atoms with Crippen LogP contribution in [0.1, 0.15) is 48.8 Å². The third-order valence-corrected chi connectivity index (χ3v) is 11.0. The number of nitrogens with one attached hydrogen (secondary N) is 1. The number of sulfonamides is 1. The number of amides is 2. The maximum atomic E-state index is 14.7. The standard InChI is InChI=1S/C37H39BrClN3O4S/c1-27-22-31(39)20-21-34(27)42(47(45,46)33-18-9-4-10-19-33)26-36(43)41(25-29-14-11-15-30(38)23-29)35(24-28-12-5-2-6-13-28)37(44)40-32-16-7-3-8-17-32/h2,4-6,9-15,18-23,32,35H,3,7-8,16-17,24-26H2,1H3,(H,40,44)/t35-/m1/s1. The van der Waals surface area contributed by atoms with E-state index in [1.165, 1.54) is 17.0 Å². The number of aryl methyl sites for hydroxylation is 1. The first-order valence-corrected chi connectivity index (χ1v) is 18.4. The van der Waals surface area contributed by atoms with E-state index < -0.39 is 28.5 Å². The summed E-state index contributed by atoms with van der Waals surface area (Å²) in [6, 6.07) is 29.2. The Morgan fingerprint density at radius 2 is 1.53 bits per heavy atom. The number of nitrogens with zero attached hydrogens (tertiary/aromatic N) is 2. The van der Waals surface area contributed by atoms with Crippen molar-refractivity contribution in [3.63, 3.8) is 0 Å². The molecule has 0 spiro atoms. The largest absolute Gasteiger partial charge is 0.352 e. The molecule has 0 radical (unpaired) electrons. The van der Waals surface area contributed by atoms with Crippen LogP contribution in [0.5, 0.6) is 0 Å². The lowest BCUT2D eigenvalue weighted by atomic mass is 9.94. The van der Waals surface area contributed by atoms with Crippen LogP contribution in [-0.2, 0) is 32.6 Å². The molecule has 0 heterocycles. The zero-order valence-electron chi connectivity index (χ0n) is 26.3. The Morgan fingerprint density at radius 1 is 0.872 bits per heavy atom. The summed E-state index contributed by atoms with van der Waals surface area (Å²) in [6.45, 7) is 1.34. The fourth-order valence-electron chi connectivity index (χ4n) is 6.06. The average Bonchev–Trinajstić information content (AvgIpc) is 3.07. The molecule has 1 N–H and O–H groups in total. The van der Waals surface area contributed by atoms with E-state index in [2.05, 4.69) is 21.2 Å². The molecule has 246 valence electrons. The second-order valence-electron chi connectivity index (χ2n) is 12.0. The smallest absolute Gasteiger partial charge is 0.264 e. The fraction of sp³-hybridized carbons (Fsp3) is 0.297. The summed E-state index contributed by atoms with van der Waals surface area (Å²) in [5.74, 6) is -0.747. The topological polar surface area (TPSA) is 86.8 Å². The second kappa shape index (κ2) is 16.0. The normalized spacial score (nSPS) is 14.3. The van der Waals surface area contributed by atoms with Crippen molar-refractivity contribution >= 4 is 55.1 Å². The van der Waals surface area contributed by atoms with Gasteiger partial charge in [0.2, 0.25) is 11.8 Å². The fourth-order valence-corrected chi connectivity index (χ4v) is 8.24. The molecule has 1 saturated carbocycles. The zero-order valence-corrected chi connectivity index (χ0v) is 29.5. The molecule has 0 bridgehead atoms. The molecule has 0 unspecified atom stereocenters. The summed E-state index contributed by atoms with van der Waals surface area (Å²) in [4.78, 5) is 30.5. The van der Waals surface area contributed by atoms with E-state index in [0.29, 0.717) is 16.3 Å². The van der Waals surface area contributed by atoms with Crippen molar-refractivity contribution in [1.82, 2.24) is 10.2 Å². The molecule has 4 aromatic carbocycles. The molecular formula is C37H39BrClN3O4S. The van der Waals surface area contributed by atoms with E-state index in [1.54, 1.807) is 43.3 Å². The molecule has 1 aliphatic rings. The Bertz CT molecular complexity index is 1780. The van der Waals surface area contributed by atoms with Crippen molar-refractivity contribution in [3.8, 4) is 0 Å². The molecule has 7 nitrogen and oxygen atoms in total. The number of hydrogen-bond donors (Lipinski definition) is 1. The van der Waals surface area contributed by atoms with Gasteiger partial charge < -0.3 is 10.2 Å². The quantitative estimate of drug-likeness (QED) is 0.162. The molecule has 2 amide bonds. The molecule has 1 fully saturated rings. The van der Waals surface area contributed by atoms with Gasteiger partial charge in [-0.3, -0.25) is 13.9 Å². The molecule has 1 aliphatic carbocycles. The molecule has 4 aromatic rings. The van der Waals surface area contributed by atoms with Gasteiger partial charge in [0.1, 0.15) is 12.6 Å². The monoisotopic (exact) mass is 735 g/mol. The van der Waals surface area contributed by atoms with Gasteiger partial charge in [-0.15, -0.1) is 0 Å². The van der Waals surface area contributed by atoms with Gasteiger partial charge in [-0.2, -0.15) is 0 Å². The Kier molecular flexibility index (Phi) is 11.8. The molecular weight excluding hydrogens is 698 g/mol. The summed E-state index contributed by atoms with van der Waals surface area (Å²) in [5.41, 5.74) is 2.63. The van der Waals surface area contributed by atoms with Gasteiger partial charge >= 0.3 is 0 Å². The third kappa shape index (κ3) is 9.03. The number of carbonyl (C=O) groups is 2. The summed E-state index contributed by atoms with van der Waals surface area (Å²) >= 11 is 9.78. The average molecular weight is 737 g/mol. The molecule has 1 atom stereocenters. The maximum absolute atomic E-state index is 14.7. The number of hydrogen-bond acceptors (Lipinski definition) is 4. The molecule has 5 rings (SSSR count). The number of rotatable bonds is 12. The first-order valence-electron chi connectivity index (χ1n) is 15.8. The summed E-state index contributed by atoms with van der Waals surface area (Å²) < 4.78 is 30.4. The lowest BCUT2D eigenvalue weighted by Gasteiger charge is -2.35. The lowest BCUT2D eigenvalue weighted by molar-refractivity contribution is -0.140. The lowest BCUT2D eigenvalue weighted by Crippen LogP contribution is -2.55. The molecule has 0 saturated heterocycles. The van der Waals surface area contributed by atoms with Gasteiger partial charge in [0.05, 0.1) is 10.6 Å². The Labute approximate surface area is 291 Å². The number of halogens is 2. The number of benzene rings is 4. The predicted octanol–water partition coefficient (Wildman–Crippen LogP) is 7.70. The van der Waals surface area contributed by atoms with Crippen molar-refractivity contribution in [2.75, 3.05) is 10.8 Å². The van der Waals surface area contributed by atoms with Gasteiger partial charge in [0.25, 0.3) is 10.0 Å². The van der Waals surface area contributed by atoms with Gasteiger partial charge in [-0.05, 0) is 78.9 Å². The molecule has 0 aliphatic heterocycles. The zero-order chi connectivity index (χ0) is 33.4. The van der Waals surface area contributed by atoms with Gasteiger partial charge in [0.15, 0.2) is 0 Å². The third-order valence-electron chi connectivity index (χ3n) is 8.50. The van der Waals surface area contributed by atoms with Crippen molar-refractivity contribution in [3.05, 3.63) is 129 Å². The second-order valence-corrected chi connectivity index (χ2v) is 15.2. The van der Waals surface area contributed by atoms with Crippen LogP contribution < -0.4 is 9.62 Å². The summed E-state index contributed by atoms with van der Waals surface area (Å²) in [7, 11) is -4.19. The van der Waals surface area contributed by atoms with Crippen LogP contribution in [0.2, 0.25) is 5.02 Å². The highest BCUT2D eigenvalue weighted by Gasteiger charge is 2.35. The first-order chi connectivity index (χ1) is 22.6. The highest BCUT2D eigenvalue weighted by atomic mass is 79.9. The number of anilines is 1. The van der Waals surface area contributed by atoms with Crippen molar-refractivity contribution in [2.45, 2.75) is 69.0 Å². The Morgan fingerprint density at radius 3 is 2.19 bits per heavy atom. The van der Waals surface area contributed by atoms with Gasteiger partial charge in [-0.25, -0.2) is 8.42 Å². The van der Waals surface area contributed by atoms with Crippen LogP contribution in [0.25, 0.3) is 0 Å². The van der Waals surface area contributed by atoms with Crippen molar-refractivity contribution < 1.29 is 18.0 Å². The van der Waals surface area contributed by atoms with Crippen LogP contribution in [0, 0.1) is 6.92 Å².